The Morgan fingerprint density at radius 2 is 1.82 bits per heavy atom. The molecule has 3 atom stereocenters. The van der Waals surface area contributed by atoms with E-state index in [4.69, 9.17) is 9.47 Å². The van der Waals surface area contributed by atoms with Gasteiger partial charge in [0, 0.05) is 13.7 Å². The number of rotatable bonds is 11. The Morgan fingerprint density at radius 3 is 2.50 bits per heavy atom. The Hall–Kier alpha value is -0.670. The van der Waals surface area contributed by atoms with E-state index in [2.05, 4.69) is 6.92 Å². The van der Waals surface area contributed by atoms with Crippen LogP contribution < -0.4 is 0 Å². The predicted octanol–water partition coefficient (Wildman–Crippen LogP) is 4.69. The lowest BCUT2D eigenvalue weighted by molar-refractivity contribution is -0.112. The van der Waals surface area contributed by atoms with Gasteiger partial charge in [0.05, 0.1) is 12.2 Å². The lowest BCUT2D eigenvalue weighted by Crippen LogP contribution is -2.37. The van der Waals surface area contributed by atoms with Crippen LogP contribution in [0.4, 0.5) is 0 Å². The normalized spacial score (nSPS) is 25.7. The zero-order valence-electron chi connectivity index (χ0n) is 14.7. The molecule has 0 N–H and O–H groups in total. The summed E-state index contributed by atoms with van der Waals surface area (Å²) in [5, 5.41) is 0. The third-order valence-corrected chi connectivity index (χ3v) is 4.51. The molecule has 3 nitrogen and oxygen atoms in total. The molecule has 0 heterocycles. The second-order valence-corrected chi connectivity index (χ2v) is 6.49. The lowest BCUT2D eigenvalue weighted by atomic mass is 9.84. The van der Waals surface area contributed by atoms with E-state index in [9.17, 15) is 4.79 Å². The molecule has 0 aromatic carbocycles. The first-order valence-corrected chi connectivity index (χ1v) is 9.00. The monoisotopic (exact) mass is 310 g/mol. The number of allylic oxidation sites excluding steroid dienone is 2. The number of unbranched alkanes of at least 4 members (excludes halogenated alkanes) is 5. The molecule has 22 heavy (non-hydrogen) atoms. The first-order chi connectivity index (χ1) is 10.7. The summed E-state index contributed by atoms with van der Waals surface area (Å²) in [6.07, 6.45) is 15.0. The molecule has 0 radical (unpaired) electrons. The summed E-state index contributed by atoms with van der Waals surface area (Å²) in [5.74, 6) is 0.568. The summed E-state index contributed by atoms with van der Waals surface area (Å²) in [4.78, 5) is 11.0. The topological polar surface area (TPSA) is 35.5 Å². The fraction of sp³-hybridized carbons (Fsp3) is 0.842. The molecule has 1 saturated carbocycles. The van der Waals surface area contributed by atoms with Crippen molar-refractivity contribution in [2.24, 2.45) is 5.92 Å². The van der Waals surface area contributed by atoms with Gasteiger partial charge in [-0.25, -0.2) is 0 Å². The summed E-state index contributed by atoms with van der Waals surface area (Å²) in [6.45, 7) is 4.69. The molecule has 0 amide bonds. The summed E-state index contributed by atoms with van der Waals surface area (Å²) >= 11 is 0. The minimum absolute atomic E-state index is 0.121. The highest BCUT2D eigenvalue weighted by Crippen LogP contribution is 2.29. The van der Waals surface area contributed by atoms with E-state index in [-0.39, 0.29) is 18.0 Å². The van der Waals surface area contributed by atoms with Crippen molar-refractivity contribution in [2.75, 3.05) is 13.7 Å². The summed E-state index contributed by atoms with van der Waals surface area (Å²) in [6, 6.07) is 0. The van der Waals surface area contributed by atoms with Crippen LogP contribution in [-0.2, 0) is 14.3 Å². The van der Waals surface area contributed by atoms with Gasteiger partial charge in [-0.3, -0.25) is 4.79 Å². The highest BCUT2D eigenvalue weighted by atomic mass is 16.5. The molecule has 128 valence electrons. The van der Waals surface area contributed by atoms with Crippen LogP contribution >= 0.6 is 0 Å². The molecule has 0 aliphatic heterocycles. The van der Waals surface area contributed by atoms with Gasteiger partial charge in [0.2, 0.25) is 0 Å². The molecule has 1 fully saturated rings. The number of carbonyl (C=O) groups is 1. The van der Waals surface area contributed by atoms with E-state index in [1.54, 1.807) is 20.1 Å². The number of hydrogen-bond donors (Lipinski definition) is 0. The lowest BCUT2D eigenvalue weighted by Gasteiger charge is -2.34. The summed E-state index contributed by atoms with van der Waals surface area (Å²) in [5.41, 5.74) is 0. The quantitative estimate of drug-likeness (QED) is 0.410. The molecule has 1 aliphatic rings. The van der Waals surface area contributed by atoms with Crippen molar-refractivity contribution in [1.82, 2.24) is 0 Å². The maximum Gasteiger partial charge on any atom is 0.152 e. The molecule has 0 saturated heterocycles. The van der Waals surface area contributed by atoms with Gasteiger partial charge < -0.3 is 9.47 Å². The predicted molar refractivity (Wildman–Crippen MR) is 91.1 cm³/mol. The van der Waals surface area contributed by atoms with E-state index < -0.39 is 0 Å². The number of hydrogen-bond acceptors (Lipinski definition) is 3. The van der Waals surface area contributed by atoms with E-state index in [0.29, 0.717) is 5.92 Å². The molecule has 1 aliphatic carbocycles. The molecule has 1 rings (SSSR count). The van der Waals surface area contributed by atoms with Gasteiger partial charge in [-0.2, -0.15) is 0 Å². The molecule has 0 bridgehead atoms. The van der Waals surface area contributed by atoms with Gasteiger partial charge in [0.15, 0.2) is 5.78 Å². The van der Waals surface area contributed by atoms with Crippen molar-refractivity contribution < 1.29 is 14.3 Å². The smallest absolute Gasteiger partial charge is 0.152 e. The molecule has 3 unspecified atom stereocenters. The second kappa shape index (κ2) is 11.8. The Labute approximate surface area is 136 Å². The Bertz CT molecular complexity index is 325. The van der Waals surface area contributed by atoms with Crippen molar-refractivity contribution in [3.05, 3.63) is 12.2 Å². The first-order valence-electron chi connectivity index (χ1n) is 9.00. The third kappa shape index (κ3) is 8.09. The summed E-state index contributed by atoms with van der Waals surface area (Å²) < 4.78 is 11.7. The van der Waals surface area contributed by atoms with Crippen molar-refractivity contribution >= 4 is 5.78 Å². The number of methoxy groups -OCH3 is 1. The van der Waals surface area contributed by atoms with Gasteiger partial charge in [-0.05, 0) is 44.6 Å². The number of ketones is 1. The maximum absolute atomic E-state index is 11.0. The largest absolute Gasteiger partial charge is 0.379 e. The van der Waals surface area contributed by atoms with Crippen molar-refractivity contribution in [2.45, 2.75) is 83.8 Å². The van der Waals surface area contributed by atoms with Gasteiger partial charge >= 0.3 is 0 Å². The van der Waals surface area contributed by atoms with Gasteiger partial charge in [0.1, 0.15) is 0 Å². The van der Waals surface area contributed by atoms with Crippen molar-refractivity contribution in [3.63, 3.8) is 0 Å². The van der Waals surface area contributed by atoms with Crippen molar-refractivity contribution in [3.8, 4) is 0 Å². The van der Waals surface area contributed by atoms with Crippen LogP contribution in [0.15, 0.2) is 12.2 Å². The van der Waals surface area contributed by atoms with E-state index in [1.807, 2.05) is 6.08 Å². The van der Waals surface area contributed by atoms with Crippen LogP contribution in [0.25, 0.3) is 0 Å². The maximum atomic E-state index is 11.0. The number of carbonyl (C=O) groups excluding carboxylic acids is 1. The molecule has 0 aromatic heterocycles. The van der Waals surface area contributed by atoms with Crippen LogP contribution in [-0.4, -0.2) is 31.7 Å². The average Bonchev–Trinajstić information content (AvgIpc) is 2.52. The van der Waals surface area contributed by atoms with Gasteiger partial charge in [0.25, 0.3) is 0 Å². The fourth-order valence-corrected chi connectivity index (χ4v) is 3.13. The van der Waals surface area contributed by atoms with Gasteiger partial charge in [-0.15, -0.1) is 0 Å². The zero-order valence-corrected chi connectivity index (χ0v) is 14.7. The second-order valence-electron chi connectivity index (χ2n) is 6.49. The minimum atomic E-state index is 0.121. The standard InChI is InChI=1S/C19H34O3/c1-4-5-6-7-8-9-14-22-18-13-12-17(11-10-16(2)20)15-19(18)21-3/h10-11,17-19H,4-9,12-15H2,1-3H3. The molecular weight excluding hydrogens is 276 g/mol. The molecule has 0 spiro atoms. The fourth-order valence-electron chi connectivity index (χ4n) is 3.13. The Balaban J connectivity index is 2.20. The summed E-state index contributed by atoms with van der Waals surface area (Å²) in [7, 11) is 1.77. The van der Waals surface area contributed by atoms with Crippen molar-refractivity contribution in [1.29, 1.82) is 0 Å². The van der Waals surface area contributed by atoms with Gasteiger partial charge in [-0.1, -0.05) is 45.1 Å². The molecular formula is C19H34O3. The van der Waals surface area contributed by atoms with E-state index in [0.717, 1.165) is 32.3 Å². The minimum Gasteiger partial charge on any atom is -0.379 e. The Morgan fingerprint density at radius 1 is 1.09 bits per heavy atom. The number of ether oxygens (including phenoxy) is 2. The highest BCUT2D eigenvalue weighted by Gasteiger charge is 2.30. The van der Waals surface area contributed by atoms with Crippen LogP contribution in [0.5, 0.6) is 0 Å². The first kappa shape index (κ1) is 19.4. The SMILES string of the molecule is CCCCCCCCOC1CCC(C=CC(C)=O)CC1OC. The van der Waals surface area contributed by atoms with Crippen LogP contribution in [0.1, 0.15) is 71.6 Å². The van der Waals surface area contributed by atoms with Crippen LogP contribution in [0.3, 0.4) is 0 Å². The van der Waals surface area contributed by atoms with E-state index in [1.165, 1.54) is 32.1 Å². The third-order valence-electron chi connectivity index (χ3n) is 4.51. The molecule has 0 aromatic rings. The van der Waals surface area contributed by atoms with Crippen LogP contribution in [0.2, 0.25) is 0 Å². The van der Waals surface area contributed by atoms with Crippen LogP contribution in [0, 0.1) is 5.92 Å². The van der Waals surface area contributed by atoms with E-state index >= 15 is 0 Å². The highest BCUT2D eigenvalue weighted by molar-refractivity contribution is 5.87. The zero-order chi connectivity index (χ0) is 16.2. The average molecular weight is 310 g/mol. The molecule has 3 heteroatoms. The Kier molecular flexibility index (Phi) is 10.4.